The number of fused-ring (bicyclic) bond motifs is 1. The van der Waals surface area contributed by atoms with Gasteiger partial charge in [-0.1, -0.05) is 11.6 Å². The number of aromatic amines is 2. The predicted octanol–water partition coefficient (Wildman–Crippen LogP) is 2.31. The number of nitrogens with one attached hydrogen (secondary N) is 4. The fourth-order valence-electron chi connectivity index (χ4n) is 3.05. The molecule has 0 spiro atoms. The van der Waals surface area contributed by atoms with E-state index in [4.69, 9.17) is 16.3 Å². The van der Waals surface area contributed by atoms with Crippen molar-refractivity contribution in [3.05, 3.63) is 22.5 Å². The summed E-state index contributed by atoms with van der Waals surface area (Å²) in [6.45, 7) is 2.06. The number of ether oxygens (including phenoxy) is 1. The zero-order chi connectivity index (χ0) is 18.5. The van der Waals surface area contributed by atoms with Gasteiger partial charge in [-0.2, -0.15) is 13.9 Å². The van der Waals surface area contributed by atoms with Crippen LogP contribution in [0.25, 0.3) is 22.6 Å². The van der Waals surface area contributed by atoms with Crippen LogP contribution in [0.1, 0.15) is 24.2 Å². The van der Waals surface area contributed by atoms with Crippen LogP contribution in [-0.4, -0.2) is 45.3 Å². The summed E-state index contributed by atoms with van der Waals surface area (Å²) in [5, 5.41) is 6.62. The predicted molar refractivity (Wildman–Crippen MR) is 91.3 cm³/mol. The SMILES string of the molecule is COc1nc2c(C3CNNC3)c(-c3n[nH]c(C(C)(F)F)n3)[nH]c2cc1Cl. The molecule has 0 saturated carbocycles. The second kappa shape index (κ2) is 6.15. The lowest BCUT2D eigenvalue weighted by atomic mass is 9.98. The Morgan fingerprint density at radius 2 is 2.00 bits per heavy atom. The van der Waals surface area contributed by atoms with Crippen LogP contribution in [0.15, 0.2) is 6.07 Å². The highest BCUT2D eigenvalue weighted by Gasteiger charge is 2.32. The van der Waals surface area contributed by atoms with Crippen LogP contribution in [0.5, 0.6) is 5.88 Å². The van der Waals surface area contributed by atoms with Crippen molar-refractivity contribution < 1.29 is 13.5 Å². The summed E-state index contributed by atoms with van der Waals surface area (Å²) in [5.74, 6) is -3.12. The van der Waals surface area contributed by atoms with Gasteiger partial charge in [-0.3, -0.25) is 16.0 Å². The molecular formula is C15H16ClF2N7O. The molecule has 3 aromatic heterocycles. The Kier molecular flexibility index (Phi) is 4.05. The molecule has 138 valence electrons. The molecule has 4 N–H and O–H groups in total. The van der Waals surface area contributed by atoms with Gasteiger partial charge in [-0.25, -0.2) is 9.97 Å². The fourth-order valence-corrected chi connectivity index (χ4v) is 3.28. The van der Waals surface area contributed by atoms with E-state index < -0.39 is 11.7 Å². The molecule has 26 heavy (non-hydrogen) atoms. The first-order valence-corrected chi connectivity index (χ1v) is 8.29. The lowest BCUT2D eigenvalue weighted by Gasteiger charge is -2.09. The smallest absolute Gasteiger partial charge is 0.303 e. The van der Waals surface area contributed by atoms with Crippen LogP contribution in [0.2, 0.25) is 5.02 Å². The zero-order valence-corrected chi connectivity index (χ0v) is 14.7. The van der Waals surface area contributed by atoms with E-state index in [-0.39, 0.29) is 11.7 Å². The van der Waals surface area contributed by atoms with Crippen LogP contribution in [0.4, 0.5) is 8.78 Å². The maximum absolute atomic E-state index is 13.5. The minimum atomic E-state index is -3.11. The number of hydrazine groups is 1. The Morgan fingerprint density at radius 1 is 1.27 bits per heavy atom. The number of rotatable bonds is 4. The van der Waals surface area contributed by atoms with E-state index in [9.17, 15) is 8.78 Å². The first kappa shape index (κ1) is 17.1. The largest absolute Gasteiger partial charge is 0.480 e. The third-order valence-corrected chi connectivity index (χ3v) is 4.55. The number of hydrogen-bond acceptors (Lipinski definition) is 6. The molecule has 0 unspecified atom stereocenters. The maximum Gasteiger partial charge on any atom is 0.303 e. The summed E-state index contributed by atoms with van der Waals surface area (Å²) >= 11 is 6.17. The fraction of sp³-hybridized carbons (Fsp3) is 0.400. The molecule has 0 amide bonds. The highest BCUT2D eigenvalue weighted by atomic mass is 35.5. The van der Waals surface area contributed by atoms with Gasteiger partial charge in [0.2, 0.25) is 5.88 Å². The topological polar surface area (TPSA) is 104 Å². The lowest BCUT2D eigenvalue weighted by Crippen LogP contribution is -2.21. The third kappa shape index (κ3) is 2.79. The van der Waals surface area contributed by atoms with Gasteiger partial charge in [0.05, 0.1) is 23.8 Å². The average molecular weight is 384 g/mol. The highest BCUT2D eigenvalue weighted by molar-refractivity contribution is 6.32. The second-order valence-electron chi connectivity index (χ2n) is 6.14. The molecule has 4 heterocycles. The summed E-state index contributed by atoms with van der Waals surface area (Å²) < 4.78 is 32.3. The van der Waals surface area contributed by atoms with E-state index in [1.807, 2.05) is 0 Å². The molecule has 3 aromatic rings. The lowest BCUT2D eigenvalue weighted by molar-refractivity contribution is 0.00813. The Morgan fingerprint density at radius 3 is 2.62 bits per heavy atom. The van der Waals surface area contributed by atoms with Crippen molar-refractivity contribution >= 4 is 22.6 Å². The van der Waals surface area contributed by atoms with Gasteiger partial charge >= 0.3 is 5.92 Å². The van der Waals surface area contributed by atoms with Crippen molar-refractivity contribution in [1.82, 2.24) is 36.0 Å². The summed E-state index contributed by atoms with van der Waals surface area (Å²) in [6.07, 6.45) is 0. The Hall–Kier alpha value is -2.30. The van der Waals surface area contributed by atoms with Gasteiger partial charge in [0.15, 0.2) is 11.6 Å². The Bertz CT molecular complexity index is 959. The van der Waals surface area contributed by atoms with E-state index in [1.54, 1.807) is 6.07 Å². The van der Waals surface area contributed by atoms with Gasteiger partial charge in [0.1, 0.15) is 5.02 Å². The van der Waals surface area contributed by atoms with Crippen molar-refractivity contribution in [1.29, 1.82) is 0 Å². The quantitative estimate of drug-likeness (QED) is 0.551. The maximum atomic E-state index is 13.5. The first-order chi connectivity index (χ1) is 12.4. The van der Waals surface area contributed by atoms with Gasteiger partial charge in [-0.15, -0.1) is 0 Å². The minimum Gasteiger partial charge on any atom is -0.480 e. The molecular weight excluding hydrogens is 368 g/mol. The minimum absolute atomic E-state index is 0.0428. The van der Waals surface area contributed by atoms with E-state index in [0.29, 0.717) is 40.7 Å². The van der Waals surface area contributed by atoms with Crippen LogP contribution in [-0.2, 0) is 5.92 Å². The third-order valence-electron chi connectivity index (χ3n) is 4.28. The molecule has 0 aromatic carbocycles. The first-order valence-electron chi connectivity index (χ1n) is 7.91. The van der Waals surface area contributed by atoms with Gasteiger partial charge in [0, 0.05) is 31.5 Å². The van der Waals surface area contributed by atoms with Crippen LogP contribution in [0.3, 0.4) is 0 Å². The van der Waals surface area contributed by atoms with Crippen LogP contribution >= 0.6 is 11.6 Å². The van der Waals surface area contributed by atoms with Crippen molar-refractivity contribution in [3.63, 3.8) is 0 Å². The number of nitrogens with zero attached hydrogens (tertiary/aromatic N) is 3. The monoisotopic (exact) mass is 383 g/mol. The van der Waals surface area contributed by atoms with Crippen molar-refractivity contribution in [2.75, 3.05) is 20.2 Å². The van der Waals surface area contributed by atoms with Gasteiger partial charge < -0.3 is 9.72 Å². The van der Waals surface area contributed by atoms with Crippen molar-refractivity contribution in [3.8, 4) is 17.4 Å². The molecule has 1 aliphatic rings. The van der Waals surface area contributed by atoms with E-state index >= 15 is 0 Å². The molecule has 1 aliphatic heterocycles. The highest BCUT2D eigenvalue weighted by Crippen LogP contribution is 2.37. The Labute approximate surface area is 151 Å². The van der Waals surface area contributed by atoms with E-state index in [0.717, 1.165) is 12.5 Å². The molecule has 11 heteroatoms. The van der Waals surface area contributed by atoms with E-state index in [2.05, 4.69) is 36.0 Å². The molecule has 8 nitrogen and oxygen atoms in total. The van der Waals surface area contributed by atoms with Crippen molar-refractivity contribution in [2.45, 2.75) is 18.8 Å². The number of H-pyrrole nitrogens is 2. The summed E-state index contributed by atoms with van der Waals surface area (Å²) in [4.78, 5) is 11.6. The molecule has 1 saturated heterocycles. The van der Waals surface area contributed by atoms with Gasteiger partial charge in [-0.05, 0) is 6.07 Å². The number of alkyl halides is 2. The Balaban J connectivity index is 1.93. The normalized spacial score (nSPS) is 15.9. The number of methoxy groups -OCH3 is 1. The molecule has 0 radical (unpaired) electrons. The standard InChI is InChI=1S/C15H16ClF2N7O/c1-15(17,18)14-23-12(24-25-14)11-9(6-4-19-20-5-6)10-8(21-11)3-7(16)13(22-10)26-2/h3,6,19-21H,4-5H2,1-2H3,(H,23,24,25). The van der Waals surface area contributed by atoms with Crippen LogP contribution in [0, 0.1) is 0 Å². The second-order valence-corrected chi connectivity index (χ2v) is 6.55. The summed E-state index contributed by atoms with van der Waals surface area (Å²) in [6, 6.07) is 1.69. The zero-order valence-electron chi connectivity index (χ0n) is 14.0. The van der Waals surface area contributed by atoms with Crippen LogP contribution < -0.4 is 15.6 Å². The number of halogens is 3. The molecule has 0 aliphatic carbocycles. The summed E-state index contributed by atoms with van der Waals surface area (Å²) in [7, 11) is 1.48. The van der Waals surface area contributed by atoms with Crippen molar-refractivity contribution in [2.24, 2.45) is 0 Å². The van der Waals surface area contributed by atoms with Gasteiger partial charge in [0.25, 0.3) is 0 Å². The molecule has 4 rings (SSSR count). The number of aromatic nitrogens is 5. The number of hydrogen-bond donors (Lipinski definition) is 4. The molecule has 1 fully saturated rings. The average Bonchev–Trinajstić information content (AvgIpc) is 3.31. The number of pyridine rings is 1. The summed E-state index contributed by atoms with van der Waals surface area (Å²) in [5.41, 5.74) is 8.76. The molecule has 0 bridgehead atoms. The molecule has 0 atom stereocenters. The van der Waals surface area contributed by atoms with E-state index in [1.165, 1.54) is 7.11 Å².